The number of nitrogens with one attached hydrogen (secondary N) is 1. The number of benzene rings is 1. The van der Waals surface area contributed by atoms with Gasteiger partial charge in [0, 0.05) is 0 Å². The highest BCUT2D eigenvalue weighted by atomic mass is 16.2. The van der Waals surface area contributed by atoms with Gasteiger partial charge in [-0.2, -0.15) is 0 Å². The van der Waals surface area contributed by atoms with Crippen LogP contribution in [0.2, 0.25) is 0 Å². The van der Waals surface area contributed by atoms with Crippen molar-refractivity contribution < 1.29 is 4.79 Å². The first kappa shape index (κ1) is 11.7. The Bertz CT molecular complexity index is 311. The van der Waals surface area contributed by atoms with Crippen LogP contribution in [-0.2, 0) is 4.79 Å². The van der Waals surface area contributed by atoms with Crippen molar-refractivity contribution in [1.29, 1.82) is 0 Å². The van der Waals surface area contributed by atoms with Gasteiger partial charge in [-0.05, 0) is 18.9 Å². The fourth-order valence-electron chi connectivity index (χ4n) is 1.33. The molecule has 0 fully saturated rings. The van der Waals surface area contributed by atoms with Crippen LogP contribution in [0, 0.1) is 0 Å². The molecule has 0 bridgehead atoms. The second-order valence-electron chi connectivity index (χ2n) is 3.66. The molecule has 0 spiro atoms. The van der Waals surface area contributed by atoms with E-state index in [2.05, 4.69) is 5.32 Å². The Labute approximate surface area is 90.7 Å². The minimum atomic E-state index is -0.406. The van der Waals surface area contributed by atoms with Crippen LogP contribution >= 0.6 is 0 Å². The molecule has 0 aliphatic carbocycles. The molecule has 0 saturated carbocycles. The molecule has 1 unspecified atom stereocenters. The molecule has 15 heavy (non-hydrogen) atoms. The van der Waals surface area contributed by atoms with Gasteiger partial charge in [-0.1, -0.05) is 37.3 Å². The van der Waals surface area contributed by atoms with Crippen LogP contribution in [0.1, 0.15) is 31.9 Å². The average Bonchev–Trinajstić information content (AvgIpc) is 2.29. The van der Waals surface area contributed by atoms with Crippen LogP contribution in [0.5, 0.6) is 0 Å². The molecule has 0 aliphatic rings. The van der Waals surface area contributed by atoms with Crippen molar-refractivity contribution in [3.8, 4) is 0 Å². The predicted octanol–water partition coefficient (Wildman–Crippen LogP) is 1.60. The molecule has 1 aromatic carbocycles. The Morgan fingerprint density at radius 2 is 2.00 bits per heavy atom. The van der Waals surface area contributed by atoms with Gasteiger partial charge in [-0.25, -0.2) is 0 Å². The first-order valence-electron chi connectivity index (χ1n) is 5.26. The summed E-state index contributed by atoms with van der Waals surface area (Å²) in [5.41, 5.74) is 6.72. The van der Waals surface area contributed by atoms with E-state index in [0.29, 0.717) is 6.42 Å². The summed E-state index contributed by atoms with van der Waals surface area (Å²) in [5, 5.41) is 2.88. The Balaban J connectivity index is 2.56. The highest BCUT2D eigenvalue weighted by molar-refractivity contribution is 5.81. The number of hydrogen-bond donors (Lipinski definition) is 2. The number of rotatable bonds is 4. The summed E-state index contributed by atoms with van der Waals surface area (Å²) in [6, 6.07) is 9.45. The maximum Gasteiger partial charge on any atom is 0.237 e. The molecule has 2 atom stereocenters. The molecular formula is C12H18N2O. The minimum Gasteiger partial charge on any atom is -0.348 e. The fraction of sp³-hybridized carbons (Fsp3) is 0.417. The lowest BCUT2D eigenvalue weighted by Crippen LogP contribution is -2.41. The van der Waals surface area contributed by atoms with Gasteiger partial charge in [-0.15, -0.1) is 0 Å². The monoisotopic (exact) mass is 206 g/mol. The third-order valence-electron chi connectivity index (χ3n) is 2.43. The highest BCUT2D eigenvalue weighted by Crippen LogP contribution is 2.11. The molecule has 0 aromatic heterocycles. The molecule has 0 aliphatic heterocycles. The van der Waals surface area contributed by atoms with Crippen molar-refractivity contribution in [3.63, 3.8) is 0 Å². The maximum atomic E-state index is 11.5. The average molecular weight is 206 g/mol. The van der Waals surface area contributed by atoms with Gasteiger partial charge in [0.25, 0.3) is 0 Å². The quantitative estimate of drug-likeness (QED) is 0.786. The van der Waals surface area contributed by atoms with Gasteiger partial charge in [0.05, 0.1) is 12.1 Å². The van der Waals surface area contributed by atoms with E-state index in [4.69, 9.17) is 5.73 Å². The largest absolute Gasteiger partial charge is 0.348 e. The molecule has 1 rings (SSSR count). The van der Waals surface area contributed by atoms with Crippen molar-refractivity contribution in [2.24, 2.45) is 5.73 Å². The van der Waals surface area contributed by atoms with Gasteiger partial charge in [0.15, 0.2) is 0 Å². The number of carbonyl (C=O) groups excluding carboxylic acids is 1. The molecule has 3 N–H and O–H groups in total. The van der Waals surface area contributed by atoms with E-state index in [1.165, 1.54) is 0 Å². The smallest absolute Gasteiger partial charge is 0.237 e. The van der Waals surface area contributed by atoms with Gasteiger partial charge in [0.1, 0.15) is 0 Å². The third-order valence-corrected chi connectivity index (χ3v) is 2.43. The van der Waals surface area contributed by atoms with Gasteiger partial charge < -0.3 is 11.1 Å². The van der Waals surface area contributed by atoms with Crippen LogP contribution in [0.25, 0.3) is 0 Å². The zero-order valence-electron chi connectivity index (χ0n) is 9.23. The molecule has 0 heterocycles. The van der Waals surface area contributed by atoms with Crippen molar-refractivity contribution in [3.05, 3.63) is 35.9 Å². The normalized spacial score (nSPS) is 14.3. The lowest BCUT2D eigenvalue weighted by molar-refractivity contribution is -0.123. The van der Waals surface area contributed by atoms with Gasteiger partial charge in [-0.3, -0.25) is 4.79 Å². The second kappa shape index (κ2) is 5.51. The summed E-state index contributed by atoms with van der Waals surface area (Å²) in [4.78, 5) is 11.5. The number of amides is 1. The van der Waals surface area contributed by atoms with E-state index < -0.39 is 6.04 Å². The number of carbonyl (C=O) groups is 1. The number of nitrogens with two attached hydrogens (primary N) is 1. The van der Waals surface area contributed by atoms with E-state index in [1.54, 1.807) is 0 Å². The van der Waals surface area contributed by atoms with Crippen LogP contribution < -0.4 is 11.1 Å². The van der Waals surface area contributed by atoms with Crippen LogP contribution in [-0.4, -0.2) is 11.9 Å². The molecule has 0 radical (unpaired) electrons. The van der Waals surface area contributed by atoms with E-state index in [9.17, 15) is 4.79 Å². The van der Waals surface area contributed by atoms with Crippen molar-refractivity contribution in [2.75, 3.05) is 0 Å². The van der Waals surface area contributed by atoms with E-state index in [0.717, 1.165) is 5.56 Å². The summed E-state index contributed by atoms with van der Waals surface area (Å²) < 4.78 is 0. The van der Waals surface area contributed by atoms with E-state index in [-0.39, 0.29) is 11.9 Å². The van der Waals surface area contributed by atoms with Crippen LogP contribution in [0.3, 0.4) is 0 Å². The van der Waals surface area contributed by atoms with Crippen molar-refractivity contribution in [1.82, 2.24) is 5.32 Å². The molecule has 1 aromatic rings. The lowest BCUT2D eigenvalue weighted by Gasteiger charge is -2.16. The summed E-state index contributed by atoms with van der Waals surface area (Å²) in [5.74, 6) is -0.0890. The Kier molecular flexibility index (Phi) is 4.31. The SMILES string of the molecule is CC[C@@H](N)C(=O)NC(C)c1ccccc1. The first-order chi connectivity index (χ1) is 7.15. The lowest BCUT2D eigenvalue weighted by atomic mass is 10.1. The zero-order valence-corrected chi connectivity index (χ0v) is 9.23. The van der Waals surface area contributed by atoms with Crippen LogP contribution in [0.15, 0.2) is 30.3 Å². The summed E-state index contributed by atoms with van der Waals surface area (Å²) in [6.45, 7) is 3.85. The molecule has 3 heteroatoms. The topological polar surface area (TPSA) is 55.1 Å². The standard InChI is InChI=1S/C12H18N2O/c1-3-11(13)12(15)14-9(2)10-7-5-4-6-8-10/h4-9,11H,3,13H2,1-2H3,(H,14,15)/t9?,11-/m1/s1. The van der Waals surface area contributed by atoms with Crippen LogP contribution in [0.4, 0.5) is 0 Å². The Hall–Kier alpha value is -1.35. The van der Waals surface area contributed by atoms with E-state index >= 15 is 0 Å². The van der Waals surface area contributed by atoms with Gasteiger partial charge >= 0.3 is 0 Å². The molecule has 0 saturated heterocycles. The number of hydrogen-bond acceptors (Lipinski definition) is 2. The highest BCUT2D eigenvalue weighted by Gasteiger charge is 2.14. The Morgan fingerprint density at radius 3 is 2.53 bits per heavy atom. The summed E-state index contributed by atoms with van der Waals surface area (Å²) in [7, 11) is 0. The second-order valence-corrected chi connectivity index (χ2v) is 3.66. The van der Waals surface area contributed by atoms with Crippen molar-refractivity contribution >= 4 is 5.91 Å². The summed E-state index contributed by atoms with van der Waals surface area (Å²) >= 11 is 0. The Morgan fingerprint density at radius 1 is 1.40 bits per heavy atom. The fourth-order valence-corrected chi connectivity index (χ4v) is 1.33. The summed E-state index contributed by atoms with van der Waals surface area (Å²) in [6.07, 6.45) is 0.660. The van der Waals surface area contributed by atoms with E-state index in [1.807, 2.05) is 44.2 Å². The maximum absolute atomic E-state index is 11.5. The van der Waals surface area contributed by atoms with Crippen molar-refractivity contribution in [2.45, 2.75) is 32.4 Å². The predicted molar refractivity (Wildman–Crippen MR) is 61.3 cm³/mol. The molecule has 3 nitrogen and oxygen atoms in total. The molecular weight excluding hydrogens is 188 g/mol. The molecule has 82 valence electrons. The minimum absolute atomic E-state index is 0.0105. The first-order valence-corrected chi connectivity index (χ1v) is 5.26. The third kappa shape index (κ3) is 3.36. The zero-order chi connectivity index (χ0) is 11.3. The molecule has 1 amide bonds. The van der Waals surface area contributed by atoms with Gasteiger partial charge in [0.2, 0.25) is 5.91 Å².